The third-order valence-corrected chi connectivity index (χ3v) is 3.89. The van der Waals surface area contributed by atoms with Crippen molar-refractivity contribution in [3.05, 3.63) is 47.0 Å². The van der Waals surface area contributed by atoms with Crippen molar-refractivity contribution in [2.45, 2.75) is 39.0 Å². The number of carbonyl (C=O) groups excluding carboxylic acids is 1. The standard InChI is InChI=1S/C18H20N2OS/c1-2-3-4-5-6-7-10-15-11-8-9-12-16(15)17(21)20-18-19-13-14-22-18/h8-9,11-14H,2-6H2,1H3,(H,19,20,21). The van der Waals surface area contributed by atoms with Crippen LogP contribution in [0.5, 0.6) is 0 Å². The molecule has 22 heavy (non-hydrogen) atoms. The van der Waals surface area contributed by atoms with Crippen molar-refractivity contribution >= 4 is 22.4 Å². The largest absolute Gasteiger partial charge is 0.298 e. The molecule has 0 unspecified atom stereocenters. The highest BCUT2D eigenvalue weighted by atomic mass is 32.1. The number of nitrogens with zero attached hydrogens (tertiary/aromatic N) is 1. The van der Waals surface area contributed by atoms with E-state index in [4.69, 9.17) is 0 Å². The predicted molar refractivity (Wildman–Crippen MR) is 92.1 cm³/mol. The third-order valence-electron chi connectivity index (χ3n) is 3.20. The first-order valence-corrected chi connectivity index (χ1v) is 8.48. The molecule has 0 aliphatic carbocycles. The molecule has 0 spiro atoms. The number of rotatable bonds is 6. The second-order valence-electron chi connectivity index (χ2n) is 4.95. The maximum absolute atomic E-state index is 12.3. The molecule has 0 radical (unpaired) electrons. The van der Waals surface area contributed by atoms with Crippen LogP contribution < -0.4 is 5.32 Å². The van der Waals surface area contributed by atoms with Gasteiger partial charge in [0.1, 0.15) is 0 Å². The van der Waals surface area contributed by atoms with E-state index in [9.17, 15) is 4.79 Å². The summed E-state index contributed by atoms with van der Waals surface area (Å²) >= 11 is 1.40. The maximum Gasteiger partial charge on any atom is 0.258 e. The predicted octanol–water partition coefficient (Wildman–Crippen LogP) is 4.72. The van der Waals surface area contributed by atoms with Crippen LogP contribution in [0.2, 0.25) is 0 Å². The molecule has 2 aromatic rings. The van der Waals surface area contributed by atoms with Crippen LogP contribution in [0.15, 0.2) is 35.8 Å². The van der Waals surface area contributed by atoms with Crippen LogP contribution in [-0.4, -0.2) is 10.9 Å². The molecule has 1 N–H and O–H groups in total. The van der Waals surface area contributed by atoms with Gasteiger partial charge in [-0.2, -0.15) is 0 Å². The van der Waals surface area contributed by atoms with Gasteiger partial charge in [-0.3, -0.25) is 10.1 Å². The molecule has 0 atom stereocenters. The number of hydrogen-bond donors (Lipinski definition) is 1. The van der Waals surface area contributed by atoms with Gasteiger partial charge in [-0.05, 0) is 18.6 Å². The van der Waals surface area contributed by atoms with Crippen LogP contribution in [0.25, 0.3) is 0 Å². The van der Waals surface area contributed by atoms with Crippen LogP contribution in [0, 0.1) is 11.8 Å². The van der Waals surface area contributed by atoms with Crippen LogP contribution in [0.3, 0.4) is 0 Å². The minimum Gasteiger partial charge on any atom is -0.298 e. The summed E-state index contributed by atoms with van der Waals surface area (Å²) in [6.07, 6.45) is 7.37. The zero-order valence-electron chi connectivity index (χ0n) is 12.8. The Hall–Kier alpha value is -2.12. The van der Waals surface area contributed by atoms with E-state index in [0.717, 1.165) is 18.4 Å². The van der Waals surface area contributed by atoms with Crippen molar-refractivity contribution in [1.29, 1.82) is 0 Å². The summed E-state index contributed by atoms with van der Waals surface area (Å²) in [4.78, 5) is 16.4. The van der Waals surface area contributed by atoms with Gasteiger partial charge in [0, 0.05) is 23.6 Å². The van der Waals surface area contributed by atoms with Crippen LogP contribution in [0.1, 0.15) is 54.9 Å². The summed E-state index contributed by atoms with van der Waals surface area (Å²) in [7, 11) is 0. The lowest BCUT2D eigenvalue weighted by Crippen LogP contribution is -2.13. The molecule has 1 heterocycles. The Morgan fingerprint density at radius 1 is 1.27 bits per heavy atom. The monoisotopic (exact) mass is 312 g/mol. The fraction of sp³-hybridized carbons (Fsp3) is 0.333. The molecule has 1 aromatic heterocycles. The van der Waals surface area contributed by atoms with E-state index in [0.29, 0.717) is 10.7 Å². The summed E-state index contributed by atoms with van der Waals surface area (Å²) in [5.74, 6) is 6.13. The van der Waals surface area contributed by atoms with Crippen molar-refractivity contribution in [1.82, 2.24) is 4.98 Å². The Kier molecular flexibility index (Phi) is 6.66. The Labute approximate surface area is 135 Å². The second-order valence-corrected chi connectivity index (χ2v) is 5.84. The number of aromatic nitrogens is 1. The number of unbranched alkanes of at least 4 members (excludes halogenated alkanes) is 4. The molecule has 1 aromatic carbocycles. The summed E-state index contributed by atoms with van der Waals surface area (Å²) < 4.78 is 0. The average Bonchev–Trinajstić information content (AvgIpc) is 3.04. The maximum atomic E-state index is 12.3. The third kappa shape index (κ3) is 5.01. The summed E-state index contributed by atoms with van der Waals surface area (Å²) in [6, 6.07) is 7.43. The zero-order chi connectivity index (χ0) is 15.6. The molecule has 0 aliphatic heterocycles. The number of hydrogen-bond acceptors (Lipinski definition) is 3. The van der Waals surface area contributed by atoms with Gasteiger partial charge in [-0.25, -0.2) is 4.98 Å². The van der Waals surface area contributed by atoms with E-state index in [2.05, 4.69) is 29.1 Å². The first-order valence-electron chi connectivity index (χ1n) is 7.60. The SMILES string of the molecule is CCCCCCC#Cc1ccccc1C(=O)Nc1nccs1. The Bertz CT molecular complexity index is 653. The van der Waals surface area contributed by atoms with E-state index in [-0.39, 0.29) is 5.91 Å². The Balaban J connectivity index is 2.00. The van der Waals surface area contributed by atoms with Gasteiger partial charge in [0.15, 0.2) is 5.13 Å². The second kappa shape index (κ2) is 9.01. The van der Waals surface area contributed by atoms with E-state index < -0.39 is 0 Å². The lowest BCUT2D eigenvalue weighted by Gasteiger charge is -2.04. The van der Waals surface area contributed by atoms with Crippen molar-refractivity contribution in [2.24, 2.45) is 0 Å². The van der Waals surface area contributed by atoms with Gasteiger partial charge in [-0.1, -0.05) is 50.2 Å². The number of amides is 1. The minimum atomic E-state index is -0.161. The van der Waals surface area contributed by atoms with Gasteiger partial charge < -0.3 is 0 Å². The average molecular weight is 312 g/mol. The van der Waals surface area contributed by atoms with Crippen LogP contribution in [-0.2, 0) is 0 Å². The quantitative estimate of drug-likeness (QED) is 0.619. The van der Waals surface area contributed by atoms with Crippen molar-refractivity contribution in [2.75, 3.05) is 5.32 Å². The van der Waals surface area contributed by atoms with E-state index >= 15 is 0 Å². The molecule has 0 saturated heterocycles. The van der Waals surface area contributed by atoms with Crippen molar-refractivity contribution in [3.63, 3.8) is 0 Å². The fourth-order valence-corrected chi connectivity index (χ4v) is 2.56. The molecule has 0 aliphatic rings. The van der Waals surface area contributed by atoms with Crippen molar-refractivity contribution < 1.29 is 4.79 Å². The number of carbonyl (C=O) groups is 1. The number of anilines is 1. The highest BCUT2D eigenvalue weighted by Crippen LogP contribution is 2.14. The molecular formula is C18H20N2OS. The van der Waals surface area contributed by atoms with Gasteiger partial charge >= 0.3 is 0 Å². The van der Waals surface area contributed by atoms with Crippen LogP contribution >= 0.6 is 11.3 Å². The highest BCUT2D eigenvalue weighted by molar-refractivity contribution is 7.13. The highest BCUT2D eigenvalue weighted by Gasteiger charge is 2.10. The molecule has 0 fully saturated rings. The molecule has 1 amide bonds. The van der Waals surface area contributed by atoms with E-state index in [1.165, 1.54) is 30.6 Å². The Morgan fingerprint density at radius 2 is 2.14 bits per heavy atom. The van der Waals surface area contributed by atoms with Crippen molar-refractivity contribution in [3.8, 4) is 11.8 Å². The zero-order valence-corrected chi connectivity index (χ0v) is 13.6. The summed E-state index contributed by atoms with van der Waals surface area (Å²) in [6.45, 7) is 2.20. The lowest BCUT2D eigenvalue weighted by atomic mass is 10.1. The van der Waals surface area contributed by atoms with Gasteiger partial charge in [-0.15, -0.1) is 11.3 Å². The smallest absolute Gasteiger partial charge is 0.258 e. The van der Waals surface area contributed by atoms with E-state index in [1.807, 2.05) is 23.6 Å². The van der Waals surface area contributed by atoms with Crippen LogP contribution in [0.4, 0.5) is 5.13 Å². The minimum absolute atomic E-state index is 0.161. The van der Waals surface area contributed by atoms with Gasteiger partial charge in [0.05, 0.1) is 5.56 Å². The molecular weight excluding hydrogens is 292 g/mol. The summed E-state index contributed by atoms with van der Waals surface area (Å²) in [5, 5.41) is 5.23. The lowest BCUT2D eigenvalue weighted by molar-refractivity contribution is 0.102. The van der Waals surface area contributed by atoms with Gasteiger partial charge in [0.2, 0.25) is 0 Å². The molecule has 0 bridgehead atoms. The molecule has 3 nitrogen and oxygen atoms in total. The fourth-order valence-electron chi connectivity index (χ4n) is 2.04. The first kappa shape index (κ1) is 16.3. The molecule has 2 rings (SSSR count). The van der Waals surface area contributed by atoms with Gasteiger partial charge in [0.25, 0.3) is 5.91 Å². The Morgan fingerprint density at radius 3 is 2.91 bits per heavy atom. The number of thiazole rings is 1. The number of nitrogens with one attached hydrogen (secondary N) is 1. The topological polar surface area (TPSA) is 42.0 Å². The summed E-state index contributed by atoms with van der Waals surface area (Å²) in [5.41, 5.74) is 1.37. The number of benzene rings is 1. The first-order chi connectivity index (χ1) is 10.8. The molecule has 0 saturated carbocycles. The van der Waals surface area contributed by atoms with E-state index in [1.54, 1.807) is 12.3 Å². The molecule has 4 heteroatoms. The normalized spacial score (nSPS) is 9.86. The molecule has 114 valence electrons.